The predicted molar refractivity (Wildman–Crippen MR) is 81.2 cm³/mol. The summed E-state index contributed by atoms with van der Waals surface area (Å²) in [7, 11) is 0. The monoisotopic (exact) mass is 266 g/mol. The molecule has 1 aromatic carbocycles. The number of hydrogen-bond donors (Lipinski definition) is 1. The molecular weight excluding hydrogens is 239 g/mol. The number of rotatable bonds is 9. The zero-order chi connectivity index (χ0) is 14.1. The fourth-order valence-corrected chi connectivity index (χ4v) is 2.27. The van der Waals surface area contributed by atoms with Gasteiger partial charge in [-0.3, -0.25) is 0 Å². The van der Waals surface area contributed by atoms with Gasteiger partial charge in [0.05, 0.1) is 0 Å². The Balaban J connectivity index is 2.91. The zero-order valence-electron chi connectivity index (χ0n) is 12.3. The van der Waals surface area contributed by atoms with Gasteiger partial charge in [-0.2, -0.15) is 0 Å². The lowest BCUT2D eigenvalue weighted by Gasteiger charge is -2.27. The van der Waals surface area contributed by atoms with Gasteiger partial charge in [-0.25, -0.2) is 4.39 Å². The highest BCUT2D eigenvalue weighted by Crippen LogP contribution is 2.23. The van der Waals surface area contributed by atoms with Crippen LogP contribution < -0.4 is 10.6 Å². The molecule has 1 aromatic rings. The van der Waals surface area contributed by atoms with Crippen molar-refractivity contribution < 1.29 is 4.39 Å². The summed E-state index contributed by atoms with van der Waals surface area (Å²) in [5.74, 6) is -0.168. The smallest absolute Gasteiger partial charge is 0.123 e. The summed E-state index contributed by atoms with van der Waals surface area (Å²) in [6.07, 6.45) is 5.43. The third-order valence-electron chi connectivity index (χ3n) is 3.36. The number of halogens is 1. The van der Waals surface area contributed by atoms with E-state index < -0.39 is 0 Å². The molecule has 0 bridgehead atoms. The standard InChI is InChI=1S/C16H27FN2/c1-3-5-11-19(12-6-4-2)16-8-7-15(17)13-14(16)9-10-18/h7-8,13H,3-6,9-12,18H2,1-2H3. The molecule has 0 saturated carbocycles. The highest BCUT2D eigenvalue weighted by molar-refractivity contribution is 5.54. The van der Waals surface area contributed by atoms with Crippen LogP contribution >= 0.6 is 0 Å². The molecule has 3 heteroatoms. The average Bonchev–Trinajstić information content (AvgIpc) is 2.40. The number of nitrogens with two attached hydrogens (primary N) is 1. The van der Waals surface area contributed by atoms with Gasteiger partial charge < -0.3 is 10.6 Å². The van der Waals surface area contributed by atoms with Gasteiger partial charge in [-0.05, 0) is 49.6 Å². The number of hydrogen-bond acceptors (Lipinski definition) is 2. The molecule has 0 radical (unpaired) electrons. The zero-order valence-corrected chi connectivity index (χ0v) is 12.3. The van der Waals surface area contributed by atoms with Gasteiger partial charge >= 0.3 is 0 Å². The Morgan fingerprint density at radius 2 is 1.74 bits per heavy atom. The molecule has 0 amide bonds. The molecule has 0 aliphatic heterocycles. The Hall–Kier alpha value is -1.09. The fourth-order valence-electron chi connectivity index (χ4n) is 2.27. The minimum Gasteiger partial charge on any atom is -0.371 e. The van der Waals surface area contributed by atoms with E-state index >= 15 is 0 Å². The molecule has 1 rings (SSSR count). The summed E-state index contributed by atoms with van der Waals surface area (Å²) >= 11 is 0. The molecule has 19 heavy (non-hydrogen) atoms. The summed E-state index contributed by atoms with van der Waals surface area (Å²) in [4.78, 5) is 2.39. The van der Waals surface area contributed by atoms with Crippen molar-refractivity contribution in [1.82, 2.24) is 0 Å². The van der Waals surface area contributed by atoms with Gasteiger partial charge in [-0.15, -0.1) is 0 Å². The van der Waals surface area contributed by atoms with Crippen molar-refractivity contribution in [2.75, 3.05) is 24.5 Å². The Morgan fingerprint density at radius 3 is 2.26 bits per heavy atom. The van der Waals surface area contributed by atoms with Gasteiger partial charge in [0.2, 0.25) is 0 Å². The first-order chi connectivity index (χ1) is 9.22. The molecule has 0 aromatic heterocycles. The predicted octanol–water partition coefficient (Wildman–Crippen LogP) is 3.73. The van der Waals surface area contributed by atoms with Crippen LogP contribution in [0.1, 0.15) is 45.1 Å². The molecular formula is C16H27FN2. The van der Waals surface area contributed by atoms with Gasteiger partial charge in [0.1, 0.15) is 5.82 Å². The quantitative estimate of drug-likeness (QED) is 0.738. The summed E-state index contributed by atoms with van der Waals surface area (Å²) < 4.78 is 13.4. The van der Waals surface area contributed by atoms with E-state index in [0.717, 1.165) is 30.8 Å². The SMILES string of the molecule is CCCCN(CCCC)c1ccc(F)cc1CCN. The first-order valence-electron chi connectivity index (χ1n) is 7.46. The van der Waals surface area contributed by atoms with Crippen molar-refractivity contribution in [1.29, 1.82) is 0 Å². The van der Waals surface area contributed by atoms with Crippen molar-refractivity contribution in [2.45, 2.75) is 46.0 Å². The molecule has 0 atom stereocenters. The van der Waals surface area contributed by atoms with Gasteiger partial charge in [0.25, 0.3) is 0 Å². The van der Waals surface area contributed by atoms with Gasteiger partial charge in [-0.1, -0.05) is 26.7 Å². The lowest BCUT2D eigenvalue weighted by atomic mass is 10.1. The number of anilines is 1. The summed E-state index contributed by atoms with van der Waals surface area (Å²) in [6, 6.07) is 5.10. The van der Waals surface area contributed by atoms with Crippen molar-refractivity contribution in [2.24, 2.45) is 5.73 Å². The highest BCUT2D eigenvalue weighted by atomic mass is 19.1. The normalized spacial score (nSPS) is 10.7. The van der Waals surface area contributed by atoms with Crippen molar-refractivity contribution >= 4 is 5.69 Å². The van der Waals surface area contributed by atoms with Crippen LogP contribution in [0.5, 0.6) is 0 Å². The van der Waals surface area contributed by atoms with Crippen LogP contribution in [0.3, 0.4) is 0 Å². The second-order valence-electron chi connectivity index (χ2n) is 5.01. The molecule has 0 aliphatic carbocycles. The minimum absolute atomic E-state index is 0.168. The Kier molecular flexibility index (Phi) is 7.49. The molecule has 0 spiro atoms. The largest absolute Gasteiger partial charge is 0.371 e. The Morgan fingerprint density at radius 1 is 1.11 bits per heavy atom. The Labute approximate surface area is 116 Å². The molecule has 108 valence electrons. The maximum atomic E-state index is 13.4. The van der Waals surface area contributed by atoms with Crippen LogP contribution in [0.2, 0.25) is 0 Å². The van der Waals surface area contributed by atoms with Crippen LogP contribution in [0.4, 0.5) is 10.1 Å². The second kappa shape index (κ2) is 8.92. The van der Waals surface area contributed by atoms with E-state index in [9.17, 15) is 4.39 Å². The van der Waals surface area contributed by atoms with Crippen molar-refractivity contribution in [3.63, 3.8) is 0 Å². The third-order valence-corrected chi connectivity index (χ3v) is 3.36. The third kappa shape index (κ3) is 5.19. The van der Waals surface area contributed by atoms with Crippen molar-refractivity contribution in [3.8, 4) is 0 Å². The molecule has 2 N–H and O–H groups in total. The molecule has 2 nitrogen and oxygen atoms in total. The Bertz CT molecular complexity index is 358. The first kappa shape index (κ1) is 16.0. The lowest BCUT2D eigenvalue weighted by Crippen LogP contribution is -2.27. The van der Waals surface area contributed by atoms with E-state index in [-0.39, 0.29) is 5.82 Å². The topological polar surface area (TPSA) is 29.3 Å². The fraction of sp³-hybridized carbons (Fsp3) is 0.625. The molecule has 0 aliphatic rings. The number of nitrogens with zero attached hydrogens (tertiary/aromatic N) is 1. The van der Waals surface area contributed by atoms with E-state index in [1.54, 1.807) is 12.1 Å². The minimum atomic E-state index is -0.168. The molecule has 0 heterocycles. The summed E-state index contributed by atoms with van der Waals surface area (Å²) in [5.41, 5.74) is 7.84. The molecule has 0 unspecified atom stereocenters. The highest BCUT2D eigenvalue weighted by Gasteiger charge is 2.11. The van der Waals surface area contributed by atoms with E-state index in [1.807, 2.05) is 6.07 Å². The van der Waals surface area contributed by atoms with E-state index in [4.69, 9.17) is 5.73 Å². The maximum absolute atomic E-state index is 13.4. The van der Waals surface area contributed by atoms with Gasteiger partial charge in [0, 0.05) is 18.8 Å². The number of benzene rings is 1. The average molecular weight is 266 g/mol. The van der Waals surface area contributed by atoms with Crippen LogP contribution in [-0.2, 0) is 6.42 Å². The number of unbranched alkanes of at least 4 members (excludes halogenated alkanes) is 2. The van der Waals surface area contributed by atoms with Crippen LogP contribution in [0, 0.1) is 5.82 Å². The summed E-state index contributed by atoms with van der Waals surface area (Å²) in [5, 5.41) is 0. The van der Waals surface area contributed by atoms with Crippen molar-refractivity contribution in [3.05, 3.63) is 29.6 Å². The van der Waals surface area contributed by atoms with E-state index in [2.05, 4.69) is 18.7 Å². The van der Waals surface area contributed by atoms with Crippen LogP contribution in [0.25, 0.3) is 0 Å². The first-order valence-corrected chi connectivity index (χ1v) is 7.46. The molecule has 0 saturated heterocycles. The summed E-state index contributed by atoms with van der Waals surface area (Å²) in [6.45, 7) is 7.04. The van der Waals surface area contributed by atoms with Gasteiger partial charge in [0.15, 0.2) is 0 Å². The molecule has 0 fully saturated rings. The van der Waals surface area contributed by atoms with E-state index in [1.165, 1.54) is 25.7 Å². The van der Waals surface area contributed by atoms with Crippen LogP contribution in [0.15, 0.2) is 18.2 Å². The van der Waals surface area contributed by atoms with Crippen LogP contribution in [-0.4, -0.2) is 19.6 Å². The lowest BCUT2D eigenvalue weighted by molar-refractivity contribution is 0.623. The maximum Gasteiger partial charge on any atom is 0.123 e. The van der Waals surface area contributed by atoms with E-state index in [0.29, 0.717) is 6.54 Å². The second-order valence-corrected chi connectivity index (χ2v) is 5.01.